The highest BCUT2D eigenvalue weighted by atomic mass is 19.4. The number of likely N-dealkylation sites (tertiary alicyclic amines) is 2. The fraction of sp³-hybridized carbons (Fsp3) is 0.929. The quantitative estimate of drug-likeness (QED) is 0.860. The van der Waals surface area contributed by atoms with Crippen LogP contribution in [0, 0.1) is 0 Å². The Hall–Kier alpha value is -0.820. The Balaban J connectivity index is 1.79. The van der Waals surface area contributed by atoms with Gasteiger partial charge in [0.05, 0.1) is 0 Å². The number of hydrogen-bond acceptors (Lipinski definition) is 3. The molecule has 2 rings (SSSR count). The minimum Gasteiger partial charge on any atom is -0.352 e. The molecule has 0 aromatic rings. The van der Waals surface area contributed by atoms with Gasteiger partial charge in [0.15, 0.2) is 0 Å². The van der Waals surface area contributed by atoms with Crippen LogP contribution in [-0.4, -0.2) is 67.2 Å². The first-order chi connectivity index (χ1) is 9.83. The Morgan fingerprint density at radius 3 is 2.48 bits per heavy atom. The molecule has 0 unspecified atom stereocenters. The molecule has 0 bridgehead atoms. The summed E-state index contributed by atoms with van der Waals surface area (Å²) in [5.74, 6) is -0.905. The number of nitrogens with one attached hydrogen (secondary N) is 1. The van der Waals surface area contributed by atoms with Crippen molar-refractivity contribution in [2.24, 2.45) is 0 Å². The van der Waals surface area contributed by atoms with E-state index in [1.165, 1.54) is 0 Å². The molecule has 0 aromatic heterocycles. The molecule has 0 spiro atoms. The Morgan fingerprint density at radius 2 is 1.86 bits per heavy atom. The normalized spacial score (nSPS) is 26.8. The van der Waals surface area contributed by atoms with Crippen molar-refractivity contribution in [2.75, 3.05) is 33.2 Å². The predicted molar refractivity (Wildman–Crippen MR) is 73.9 cm³/mol. The van der Waals surface area contributed by atoms with E-state index in [0.29, 0.717) is 12.6 Å². The molecule has 0 aliphatic carbocycles. The van der Waals surface area contributed by atoms with Crippen molar-refractivity contribution in [1.29, 1.82) is 0 Å². The van der Waals surface area contributed by atoms with E-state index < -0.39 is 18.5 Å². The maximum Gasteiger partial charge on any atom is 0.397 e. The van der Waals surface area contributed by atoms with E-state index in [-0.39, 0.29) is 6.04 Å². The molecule has 1 N–H and O–H groups in total. The number of amides is 1. The number of carbonyl (C=O) groups excluding carboxylic acids is 1. The van der Waals surface area contributed by atoms with E-state index in [1.807, 2.05) is 0 Å². The van der Waals surface area contributed by atoms with Crippen LogP contribution in [0.5, 0.6) is 0 Å². The molecule has 2 aliphatic rings. The minimum absolute atomic E-state index is 0.145. The van der Waals surface area contributed by atoms with Crippen LogP contribution in [0.2, 0.25) is 0 Å². The van der Waals surface area contributed by atoms with E-state index in [1.54, 1.807) is 0 Å². The number of hydrogen-bond donors (Lipinski definition) is 1. The second-order valence-electron chi connectivity index (χ2n) is 6.23. The summed E-state index contributed by atoms with van der Waals surface area (Å²) in [6.07, 6.45) is -1.90. The van der Waals surface area contributed by atoms with Crippen LogP contribution in [0.25, 0.3) is 0 Å². The smallest absolute Gasteiger partial charge is 0.352 e. The molecule has 2 aliphatic heterocycles. The van der Waals surface area contributed by atoms with Crippen LogP contribution in [0.4, 0.5) is 13.2 Å². The summed E-state index contributed by atoms with van der Waals surface area (Å²) < 4.78 is 36.6. The molecular formula is C14H24F3N3O. The van der Waals surface area contributed by atoms with Crippen LogP contribution >= 0.6 is 0 Å². The second kappa shape index (κ2) is 6.96. The van der Waals surface area contributed by atoms with Gasteiger partial charge >= 0.3 is 6.18 Å². The highest BCUT2D eigenvalue weighted by Gasteiger charge is 2.33. The van der Waals surface area contributed by atoms with Crippen molar-refractivity contribution in [3.8, 4) is 0 Å². The van der Waals surface area contributed by atoms with Crippen molar-refractivity contribution in [3.63, 3.8) is 0 Å². The standard InChI is InChI=1S/C14H24F3N3O/c1-19-7-4-12(5-8-19)20-6-2-3-11(10-20)18-13(21)9-14(15,16)17/h11-12H,2-10H2,1H3,(H,18,21)/t11-/m1/s1. The van der Waals surface area contributed by atoms with E-state index in [9.17, 15) is 18.0 Å². The van der Waals surface area contributed by atoms with Crippen LogP contribution in [0.1, 0.15) is 32.1 Å². The zero-order chi connectivity index (χ0) is 15.5. The number of halogens is 3. The lowest BCUT2D eigenvalue weighted by molar-refractivity contribution is -0.154. The van der Waals surface area contributed by atoms with E-state index in [2.05, 4.69) is 22.2 Å². The zero-order valence-corrected chi connectivity index (χ0v) is 12.5. The molecule has 122 valence electrons. The molecule has 2 heterocycles. The fourth-order valence-electron chi connectivity index (χ4n) is 3.28. The number of carbonyl (C=O) groups is 1. The van der Waals surface area contributed by atoms with Crippen LogP contribution in [-0.2, 0) is 4.79 Å². The van der Waals surface area contributed by atoms with Gasteiger partial charge in [-0.2, -0.15) is 13.2 Å². The monoisotopic (exact) mass is 307 g/mol. The molecule has 0 radical (unpaired) electrons. The Kier molecular flexibility index (Phi) is 5.48. The summed E-state index contributed by atoms with van der Waals surface area (Å²) in [6.45, 7) is 3.79. The van der Waals surface area contributed by atoms with Gasteiger partial charge in [-0.1, -0.05) is 0 Å². The van der Waals surface area contributed by atoms with Gasteiger partial charge in [-0.25, -0.2) is 0 Å². The zero-order valence-electron chi connectivity index (χ0n) is 12.5. The average molecular weight is 307 g/mol. The molecule has 7 heteroatoms. The average Bonchev–Trinajstić information content (AvgIpc) is 2.37. The van der Waals surface area contributed by atoms with Gasteiger partial charge in [0.1, 0.15) is 6.42 Å². The van der Waals surface area contributed by atoms with Gasteiger partial charge in [-0.05, 0) is 52.4 Å². The third-order valence-corrected chi connectivity index (χ3v) is 4.38. The number of alkyl halides is 3. The first-order valence-electron chi connectivity index (χ1n) is 7.62. The highest BCUT2D eigenvalue weighted by Crippen LogP contribution is 2.22. The summed E-state index contributed by atoms with van der Waals surface area (Å²) in [7, 11) is 2.10. The lowest BCUT2D eigenvalue weighted by atomic mass is 9.98. The highest BCUT2D eigenvalue weighted by molar-refractivity contribution is 5.76. The Labute approximate surface area is 123 Å². The maximum atomic E-state index is 12.2. The van der Waals surface area contributed by atoms with Crippen molar-refractivity contribution in [2.45, 2.75) is 50.4 Å². The summed E-state index contributed by atoms with van der Waals surface area (Å²) in [5, 5.41) is 2.54. The van der Waals surface area contributed by atoms with Gasteiger partial charge in [0.25, 0.3) is 0 Å². The summed E-state index contributed by atoms with van der Waals surface area (Å²) >= 11 is 0. The van der Waals surface area contributed by atoms with E-state index >= 15 is 0 Å². The van der Waals surface area contributed by atoms with Crippen molar-refractivity contribution >= 4 is 5.91 Å². The molecule has 0 saturated carbocycles. The molecule has 1 atom stereocenters. The summed E-state index contributed by atoms with van der Waals surface area (Å²) in [5.41, 5.74) is 0. The molecule has 1 amide bonds. The number of nitrogens with zero attached hydrogens (tertiary/aromatic N) is 2. The van der Waals surface area contributed by atoms with Crippen molar-refractivity contribution in [1.82, 2.24) is 15.1 Å². The summed E-state index contributed by atoms with van der Waals surface area (Å²) in [6, 6.07) is 0.358. The largest absolute Gasteiger partial charge is 0.397 e. The number of rotatable bonds is 3. The fourth-order valence-corrected chi connectivity index (χ4v) is 3.28. The lowest BCUT2D eigenvalue weighted by Crippen LogP contribution is -2.53. The Morgan fingerprint density at radius 1 is 1.19 bits per heavy atom. The van der Waals surface area contributed by atoms with Gasteiger partial charge in [-0.15, -0.1) is 0 Å². The van der Waals surface area contributed by atoms with Crippen LogP contribution < -0.4 is 5.32 Å². The van der Waals surface area contributed by atoms with Crippen molar-refractivity contribution in [3.05, 3.63) is 0 Å². The minimum atomic E-state index is -4.42. The van der Waals surface area contributed by atoms with Gasteiger partial charge < -0.3 is 10.2 Å². The lowest BCUT2D eigenvalue weighted by Gasteiger charge is -2.41. The molecular weight excluding hydrogens is 283 g/mol. The third-order valence-electron chi connectivity index (χ3n) is 4.38. The topological polar surface area (TPSA) is 35.6 Å². The second-order valence-corrected chi connectivity index (χ2v) is 6.23. The molecule has 21 heavy (non-hydrogen) atoms. The van der Waals surface area contributed by atoms with Crippen molar-refractivity contribution < 1.29 is 18.0 Å². The third kappa shape index (κ3) is 5.47. The first-order valence-corrected chi connectivity index (χ1v) is 7.62. The van der Waals surface area contributed by atoms with Gasteiger partial charge in [-0.3, -0.25) is 9.69 Å². The molecule has 4 nitrogen and oxygen atoms in total. The maximum absolute atomic E-state index is 12.2. The van der Waals surface area contributed by atoms with Crippen LogP contribution in [0.15, 0.2) is 0 Å². The first kappa shape index (κ1) is 16.5. The molecule has 0 aromatic carbocycles. The van der Waals surface area contributed by atoms with E-state index in [4.69, 9.17) is 0 Å². The SMILES string of the molecule is CN1CCC(N2CCC[C@@H](NC(=O)CC(F)(F)F)C2)CC1. The van der Waals surface area contributed by atoms with Gasteiger partial charge in [0.2, 0.25) is 5.91 Å². The Bertz CT molecular complexity index is 354. The molecule has 2 saturated heterocycles. The predicted octanol–water partition coefficient (Wildman–Crippen LogP) is 1.61. The summed E-state index contributed by atoms with van der Waals surface area (Å²) in [4.78, 5) is 16.0. The van der Waals surface area contributed by atoms with E-state index in [0.717, 1.165) is 45.3 Å². The number of piperidine rings is 2. The molecule has 2 fully saturated rings. The van der Waals surface area contributed by atoms with Gasteiger partial charge in [0, 0.05) is 18.6 Å². The van der Waals surface area contributed by atoms with Crippen LogP contribution in [0.3, 0.4) is 0 Å².